The Kier molecular flexibility index (Phi) is 7.74. The summed E-state index contributed by atoms with van der Waals surface area (Å²) in [6.45, 7) is 4.93. The van der Waals surface area contributed by atoms with Gasteiger partial charge in [0.15, 0.2) is 0 Å². The second-order valence-electron chi connectivity index (χ2n) is 7.89. The number of carbonyl (C=O) groups is 3. The number of hydrogen-bond donors (Lipinski definition) is 2. The van der Waals surface area contributed by atoms with Crippen LogP contribution in [0.3, 0.4) is 0 Å². The molecule has 2 amide bonds. The highest BCUT2D eigenvalue weighted by Crippen LogP contribution is 2.37. The number of carbonyl (C=O) groups excluding carboxylic acids is 3. The third-order valence-electron chi connectivity index (χ3n) is 5.26. The highest BCUT2D eigenvalue weighted by atomic mass is 35.5. The average molecular weight is 510 g/mol. The molecule has 2 aromatic rings. The summed E-state index contributed by atoms with van der Waals surface area (Å²) in [6, 6.07) is 6.43. The zero-order valence-corrected chi connectivity index (χ0v) is 19.9. The van der Waals surface area contributed by atoms with Crippen LogP contribution in [-0.4, -0.2) is 30.9 Å². The molecule has 7 nitrogen and oxygen atoms in total. The minimum absolute atomic E-state index is 0.136. The molecule has 0 unspecified atom stereocenters. The lowest BCUT2D eigenvalue weighted by Gasteiger charge is -2.23. The summed E-state index contributed by atoms with van der Waals surface area (Å²) < 4.78 is 45.2. The van der Waals surface area contributed by atoms with E-state index in [4.69, 9.17) is 16.3 Å². The molecule has 35 heavy (non-hydrogen) atoms. The molecule has 0 aromatic heterocycles. The molecule has 0 radical (unpaired) electrons. The number of benzene rings is 2. The number of hydrogen-bond acceptors (Lipinski definition) is 5. The second-order valence-corrected chi connectivity index (χ2v) is 8.33. The van der Waals surface area contributed by atoms with E-state index in [0.29, 0.717) is 17.4 Å². The maximum atomic E-state index is 13.4. The van der Waals surface area contributed by atoms with Gasteiger partial charge in [0.1, 0.15) is 6.54 Å². The number of anilines is 3. The molecule has 0 saturated carbocycles. The van der Waals surface area contributed by atoms with Gasteiger partial charge in [0, 0.05) is 16.8 Å². The van der Waals surface area contributed by atoms with E-state index in [2.05, 4.69) is 10.6 Å². The van der Waals surface area contributed by atoms with E-state index < -0.39 is 41.8 Å². The summed E-state index contributed by atoms with van der Waals surface area (Å²) in [7, 11) is 0. The Labute approximate surface area is 204 Å². The molecule has 186 valence electrons. The van der Waals surface area contributed by atoms with Crippen LogP contribution >= 0.6 is 11.6 Å². The molecule has 0 saturated heterocycles. The van der Waals surface area contributed by atoms with Crippen molar-refractivity contribution in [2.24, 2.45) is 0 Å². The molecule has 1 heterocycles. The smallest absolute Gasteiger partial charge is 0.418 e. The number of ether oxygens (including phenoxy) is 1. The summed E-state index contributed by atoms with van der Waals surface area (Å²) in [5, 5.41) is 5.12. The fourth-order valence-electron chi connectivity index (χ4n) is 3.50. The van der Waals surface area contributed by atoms with Gasteiger partial charge >= 0.3 is 12.1 Å². The predicted octanol–water partition coefficient (Wildman–Crippen LogP) is 5.21. The fraction of sp³-hybridized carbons (Fsp3) is 0.292. The van der Waals surface area contributed by atoms with Gasteiger partial charge in [-0.15, -0.1) is 0 Å². The quantitative estimate of drug-likeness (QED) is 0.522. The lowest BCUT2D eigenvalue weighted by molar-refractivity contribution is -0.142. The summed E-state index contributed by atoms with van der Waals surface area (Å²) in [5.41, 5.74) is 1.20. The van der Waals surface area contributed by atoms with Gasteiger partial charge in [-0.3, -0.25) is 19.3 Å². The Balaban J connectivity index is 1.93. The number of fused-ring (bicyclic) bond motifs is 1. The Morgan fingerprint density at radius 1 is 1.14 bits per heavy atom. The van der Waals surface area contributed by atoms with Crippen LogP contribution < -0.4 is 15.5 Å². The van der Waals surface area contributed by atoms with Crippen LogP contribution in [0.25, 0.3) is 0 Å². The molecule has 3 rings (SSSR count). The Hall–Kier alpha value is -3.53. The number of halogens is 4. The number of nitrogens with zero attached hydrogens (tertiary/aromatic N) is 1. The second kappa shape index (κ2) is 10.4. The number of amides is 2. The zero-order chi connectivity index (χ0) is 25.9. The van der Waals surface area contributed by atoms with Gasteiger partial charge in [0.25, 0.3) is 5.91 Å². The molecule has 1 aliphatic heterocycles. The first-order chi connectivity index (χ1) is 16.4. The highest BCUT2D eigenvalue weighted by molar-refractivity contribution is 6.30. The van der Waals surface area contributed by atoms with Crippen molar-refractivity contribution in [2.45, 2.75) is 33.4 Å². The monoisotopic (exact) mass is 509 g/mol. The molecule has 0 spiro atoms. The van der Waals surface area contributed by atoms with Gasteiger partial charge in [-0.25, -0.2) is 0 Å². The van der Waals surface area contributed by atoms with E-state index in [-0.39, 0.29) is 23.7 Å². The van der Waals surface area contributed by atoms with E-state index in [1.807, 2.05) is 13.8 Å². The molecule has 1 aliphatic rings. The van der Waals surface area contributed by atoms with Crippen LogP contribution in [0.15, 0.2) is 42.1 Å². The summed E-state index contributed by atoms with van der Waals surface area (Å²) in [4.78, 5) is 38.9. The van der Waals surface area contributed by atoms with E-state index in [1.165, 1.54) is 6.07 Å². The molecule has 0 atom stereocenters. The number of esters is 1. The summed E-state index contributed by atoms with van der Waals surface area (Å²) >= 11 is 5.69. The SMILES string of the molecule is CCOC(=O)CC1=CC(=O)N(CC(=O)Nc2ccc(Cl)cc2C(F)(F)F)c2cc(C)c(C)cc2N1. The normalized spacial score (nSPS) is 13.4. The Bertz CT molecular complexity index is 1210. The molecule has 0 fully saturated rings. The van der Waals surface area contributed by atoms with Crippen molar-refractivity contribution in [2.75, 3.05) is 28.7 Å². The fourth-order valence-corrected chi connectivity index (χ4v) is 3.67. The first-order valence-corrected chi connectivity index (χ1v) is 11.0. The topological polar surface area (TPSA) is 87.7 Å². The molecule has 0 aliphatic carbocycles. The van der Waals surface area contributed by atoms with Crippen molar-refractivity contribution in [3.8, 4) is 0 Å². The minimum atomic E-state index is -4.75. The van der Waals surface area contributed by atoms with E-state index in [1.54, 1.807) is 19.1 Å². The molecular weight excluding hydrogens is 487 g/mol. The molecule has 11 heteroatoms. The summed E-state index contributed by atoms with van der Waals surface area (Å²) in [6.07, 6.45) is -3.79. The van der Waals surface area contributed by atoms with Crippen molar-refractivity contribution in [3.63, 3.8) is 0 Å². The van der Waals surface area contributed by atoms with Gasteiger partial charge < -0.3 is 15.4 Å². The molecule has 2 aromatic carbocycles. The maximum Gasteiger partial charge on any atom is 0.418 e. The van der Waals surface area contributed by atoms with Crippen LogP contribution in [0.1, 0.15) is 30.0 Å². The van der Waals surface area contributed by atoms with Gasteiger partial charge in [0.05, 0.1) is 35.7 Å². The molecule has 2 N–H and O–H groups in total. The Morgan fingerprint density at radius 3 is 2.49 bits per heavy atom. The lowest BCUT2D eigenvalue weighted by Crippen LogP contribution is -2.37. The van der Waals surface area contributed by atoms with Crippen molar-refractivity contribution >= 4 is 46.4 Å². The number of rotatable bonds is 6. The van der Waals surface area contributed by atoms with Crippen molar-refractivity contribution in [1.29, 1.82) is 0 Å². The van der Waals surface area contributed by atoms with Crippen molar-refractivity contribution in [3.05, 3.63) is 63.8 Å². The van der Waals surface area contributed by atoms with Crippen molar-refractivity contribution < 1.29 is 32.3 Å². The van der Waals surface area contributed by atoms with Crippen LogP contribution in [0.2, 0.25) is 5.02 Å². The van der Waals surface area contributed by atoms with Gasteiger partial charge in [-0.05, 0) is 62.2 Å². The third-order valence-corrected chi connectivity index (χ3v) is 5.50. The van der Waals surface area contributed by atoms with Gasteiger partial charge in [-0.2, -0.15) is 13.2 Å². The lowest BCUT2D eigenvalue weighted by atomic mass is 10.1. The number of alkyl halides is 3. The molecular formula is C24H23ClF3N3O4. The van der Waals surface area contributed by atoms with Crippen LogP contribution in [0, 0.1) is 13.8 Å². The Morgan fingerprint density at radius 2 is 1.83 bits per heavy atom. The van der Waals surface area contributed by atoms with Gasteiger partial charge in [-0.1, -0.05) is 11.6 Å². The molecule has 0 bridgehead atoms. The summed E-state index contributed by atoms with van der Waals surface area (Å²) in [5.74, 6) is -2.02. The highest BCUT2D eigenvalue weighted by Gasteiger charge is 2.34. The first-order valence-electron chi connectivity index (χ1n) is 10.6. The van der Waals surface area contributed by atoms with Crippen molar-refractivity contribution in [1.82, 2.24) is 0 Å². The van der Waals surface area contributed by atoms with E-state index in [0.717, 1.165) is 28.2 Å². The zero-order valence-electron chi connectivity index (χ0n) is 19.2. The van der Waals surface area contributed by atoms with Gasteiger partial charge in [0.2, 0.25) is 5.91 Å². The minimum Gasteiger partial charge on any atom is -0.466 e. The van der Waals surface area contributed by atoms with Crippen LogP contribution in [0.4, 0.5) is 30.2 Å². The predicted molar refractivity (Wildman–Crippen MR) is 126 cm³/mol. The number of aryl methyl sites for hydroxylation is 2. The number of nitrogens with one attached hydrogen (secondary N) is 2. The first kappa shape index (κ1) is 26.1. The average Bonchev–Trinajstić information content (AvgIpc) is 2.86. The van der Waals surface area contributed by atoms with E-state index in [9.17, 15) is 27.6 Å². The largest absolute Gasteiger partial charge is 0.466 e. The van der Waals surface area contributed by atoms with E-state index >= 15 is 0 Å². The van der Waals surface area contributed by atoms with Crippen LogP contribution in [-0.2, 0) is 25.3 Å². The standard InChI is InChI=1S/C24H23ClF3N3O4/c1-4-35-23(34)11-16-10-22(33)31(20-8-14(3)13(2)7-19(20)29-16)12-21(32)30-18-6-5-15(25)9-17(18)24(26,27)28/h5-10,29H,4,11-12H2,1-3H3,(H,30,32). The third kappa shape index (κ3) is 6.33. The van der Waals surface area contributed by atoms with Crippen LogP contribution in [0.5, 0.6) is 0 Å². The maximum absolute atomic E-state index is 13.4.